The van der Waals surface area contributed by atoms with Crippen molar-refractivity contribution >= 4 is 68.5 Å². The maximum Gasteiger partial charge on any atom is 0.191 e. The summed E-state index contributed by atoms with van der Waals surface area (Å²) in [5.41, 5.74) is 1.11. The van der Waals surface area contributed by atoms with Crippen molar-refractivity contribution in [1.29, 1.82) is 0 Å². The molecule has 0 unspecified atom stereocenters. The number of nitrogens with one attached hydrogen (secondary N) is 2. The van der Waals surface area contributed by atoms with Crippen LogP contribution in [0.5, 0.6) is 0 Å². The first-order chi connectivity index (χ1) is 9.58. The molecule has 2 rings (SSSR count). The molecule has 0 bridgehead atoms. The molecule has 4 nitrogen and oxygen atoms in total. The van der Waals surface area contributed by atoms with Gasteiger partial charge in [0, 0.05) is 16.8 Å². The zero-order valence-corrected chi connectivity index (χ0v) is 17.6. The third kappa shape index (κ3) is 5.84. The lowest BCUT2D eigenvalue weighted by Gasteiger charge is -2.09. The van der Waals surface area contributed by atoms with Crippen molar-refractivity contribution in [3.8, 4) is 0 Å². The number of aryl methyl sites for hydroxylation is 2. The van der Waals surface area contributed by atoms with E-state index in [-0.39, 0.29) is 24.0 Å². The van der Waals surface area contributed by atoms with Gasteiger partial charge in [0.15, 0.2) is 5.96 Å². The molecule has 0 spiro atoms. The molecule has 2 heterocycles. The van der Waals surface area contributed by atoms with Gasteiger partial charge in [0.1, 0.15) is 5.01 Å². The number of aromatic nitrogens is 1. The monoisotopic (exact) mass is 500 g/mol. The molecule has 0 amide bonds. The first-order valence-corrected chi connectivity index (χ1v) is 8.62. The Labute approximate surface area is 158 Å². The van der Waals surface area contributed by atoms with Crippen LogP contribution >= 0.6 is 62.6 Å². The summed E-state index contributed by atoms with van der Waals surface area (Å²) >= 11 is 6.91. The number of rotatable bonds is 4. The van der Waals surface area contributed by atoms with Crippen LogP contribution in [0, 0.1) is 13.8 Å². The van der Waals surface area contributed by atoms with Crippen LogP contribution in [0.2, 0.25) is 0 Å². The number of aliphatic imine (C=N–C) groups is 1. The first-order valence-electron chi connectivity index (χ1n) is 6.20. The fourth-order valence-electron chi connectivity index (χ4n) is 1.61. The minimum Gasteiger partial charge on any atom is -0.352 e. The Bertz CT molecular complexity index is 590. The molecule has 21 heavy (non-hydrogen) atoms. The van der Waals surface area contributed by atoms with E-state index >= 15 is 0 Å². The van der Waals surface area contributed by atoms with Gasteiger partial charge in [-0.15, -0.1) is 46.7 Å². The Kier molecular flexibility index (Phi) is 8.14. The highest BCUT2D eigenvalue weighted by atomic mass is 127. The lowest BCUT2D eigenvalue weighted by atomic mass is 10.4. The summed E-state index contributed by atoms with van der Waals surface area (Å²) in [4.78, 5) is 11.3. The van der Waals surface area contributed by atoms with E-state index in [9.17, 15) is 0 Å². The van der Waals surface area contributed by atoms with E-state index in [0.29, 0.717) is 6.54 Å². The fourth-order valence-corrected chi connectivity index (χ4v) is 3.91. The summed E-state index contributed by atoms with van der Waals surface area (Å²) in [6, 6.07) is 4.15. The molecule has 0 fully saturated rings. The number of hydrogen-bond donors (Lipinski definition) is 2. The van der Waals surface area contributed by atoms with E-state index in [0.717, 1.165) is 27.0 Å². The average Bonchev–Trinajstić information content (AvgIpc) is 2.97. The molecule has 0 aliphatic heterocycles. The van der Waals surface area contributed by atoms with E-state index < -0.39 is 0 Å². The zero-order valence-electron chi connectivity index (χ0n) is 12.1. The SMILES string of the molecule is CN=C(NCc1ccc(Br)s1)NCc1nc(C)c(C)s1.I. The minimum absolute atomic E-state index is 0. The third-order valence-corrected chi connectivity index (χ3v) is 5.46. The highest BCUT2D eigenvalue weighted by Crippen LogP contribution is 2.21. The largest absolute Gasteiger partial charge is 0.352 e. The molecule has 8 heteroatoms. The van der Waals surface area contributed by atoms with Gasteiger partial charge < -0.3 is 10.6 Å². The molecule has 2 aromatic heterocycles. The van der Waals surface area contributed by atoms with Crippen LogP contribution in [-0.2, 0) is 13.1 Å². The molecule has 116 valence electrons. The third-order valence-electron chi connectivity index (χ3n) is 2.76. The van der Waals surface area contributed by atoms with E-state index in [4.69, 9.17) is 0 Å². The van der Waals surface area contributed by atoms with E-state index in [1.54, 1.807) is 29.7 Å². The van der Waals surface area contributed by atoms with Crippen molar-refractivity contribution in [2.75, 3.05) is 7.05 Å². The first kappa shape index (κ1) is 18.9. The van der Waals surface area contributed by atoms with Crippen LogP contribution in [0.1, 0.15) is 20.5 Å². The molecule has 2 aromatic rings. The number of hydrogen-bond acceptors (Lipinski definition) is 4. The van der Waals surface area contributed by atoms with Crippen LogP contribution in [0.15, 0.2) is 20.9 Å². The summed E-state index contributed by atoms with van der Waals surface area (Å²) in [6.45, 7) is 5.61. The van der Waals surface area contributed by atoms with E-state index in [1.165, 1.54) is 9.75 Å². The number of thiazole rings is 1. The van der Waals surface area contributed by atoms with Gasteiger partial charge in [-0.2, -0.15) is 0 Å². The lowest BCUT2D eigenvalue weighted by molar-refractivity contribution is 0.809. The summed E-state index contributed by atoms with van der Waals surface area (Å²) < 4.78 is 1.14. The standard InChI is InChI=1S/C13H17BrN4S2.HI/c1-8-9(2)19-12(18-8)7-17-13(15-3)16-6-10-4-5-11(14)20-10;/h4-5H,6-7H2,1-3H3,(H2,15,16,17);1H. The number of halogens is 2. The molecule has 0 saturated heterocycles. The molecular formula is C13H18BrIN4S2. The smallest absolute Gasteiger partial charge is 0.191 e. The Hall–Kier alpha value is -0.190. The van der Waals surface area contributed by atoms with Gasteiger partial charge in [-0.25, -0.2) is 4.98 Å². The van der Waals surface area contributed by atoms with Crippen molar-refractivity contribution in [3.05, 3.63) is 36.4 Å². The molecule has 0 saturated carbocycles. The number of nitrogens with zero attached hydrogens (tertiary/aromatic N) is 2. The summed E-state index contributed by atoms with van der Waals surface area (Å²) in [7, 11) is 1.78. The Morgan fingerprint density at radius 2 is 1.95 bits per heavy atom. The highest BCUT2D eigenvalue weighted by Gasteiger charge is 2.05. The second-order valence-corrected chi connectivity index (χ2v) is 8.07. The van der Waals surface area contributed by atoms with Crippen LogP contribution in [0.25, 0.3) is 0 Å². The predicted molar refractivity (Wildman–Crippen MR) is 106 cm³/mol. The number of thiophene rings is 1. The zero-order chi connectivity index (χ0) is 14.5. The fraction of sp³-hybridized carbons (Fsp3) is 0.385. The van der Waals surface area contributed by atoms with Gasteiger partial charge in [0.2, 0.25) is 0 Å². The predicted octanol–water partition coefficient (Wildman–Crippen LogP) is 4.07. The Balaban J connectivity index is 0.00000220. The molecule has 0 aromatic carbocycles. The van der Waals surface area contributed by atoms with Gasteiger partial charge in [-0.1, -0.05) is 0 Å². The van der Waals surface area contributed by atoms with Crippen molar-refractivity contribution in [2.24, 2.45) is 4.99 Å². The van der Waals surface area contributed by atoms with Gasteiger partial charge in [0.25, 0.3) is 0 Å². The molecule has 0 aliphatic rings. The van der Waals surface area contributed by atoms with Crippen LogP contribution in [0.4, 0.5) is 0 Å². The molecule has 2 N–H and O–H groups in total. The maximum absolute atomic E-state index is 4.51. The van der Waals surface area contributed by atoms with Gasteiger partial charge in [0.05, 0.1) is 22.6 Å². The van der Waals surface area contributed by atoms with Gasteiger partial charge in [-0.3, -0.25) is 4.99 Å². The van der Waals surface area contributed by atoms with Crippen molar-refractivity contribution in [3.63, 3.8) is 0 Å². The van der Waals surface area contributed by atoms with Crippen LogP contribution in [-0.4, -0.2) is 18.0 Å². The molecule has 0 aliphatic carbocycles. The molecule has 0 radical (unpaired) electrons. The summed E-state index contributed by atoms with van der Waals surface area (Å²) in [6.07, 6.45) is 0. The normalized spacial score (nSPS) is 11.1. The van der Waals surface area contributed by atoms with Gasteiger partial charge >= 0.3 is 0 Å². The topological polar surface area (TPSA) is 49.3 Å². The maximum atomic E-state index is 4.51. The van der Waals surface area contributed by atoms with Crippen LogP contribution < -0.4 is 10.6 Å². The second-order valence-electron chi connectivity index (χ2n) is 4.23. The average molecular weight is 501 g/mol. The Morgan fingerprint density at radius 3 is 2.48 bits per heavy atom. The van der Waals surface area contributed by atoms with E-state index in [2.05, 4.69) is 55.6 Å². The van der Waals surface area contributed by atoms with Crippen molar-refractivity contribution in [1.82, 2.24) is 15.6 Å². The second kappa shape index (κ2) is 9.06. The summed E-state index contributed by atoms with van der Waals surface area (Å²) in [5, 5.41) is 7.66. The van der Waals surface area contributed by atoms with Crippen molar-refractivity contribution < 1.29 is 0 Å². The lowest BCUT2D eigenvalue weighted by Crippen LogP contribution is -2.36. The van der Waals surface area contributed by atoms with Crippen LogP contribution in [0.3, 0.4) is 0 Å². The van der Waals surface area contributed by atoms with E-state index in [1.807, 2.05) is 6.92 Å². The number of guanidine groups is 1. The Morgan fingerprint density at radius 1 is 1.24 bits per heavy atom. The quantitative estimate of drug-likeness (QED) is 0.378. The summed E-state index contributed by atoms with van der Waals surface area (Å²) in [5.74, 6) is 0.792. The molecular weight excluding hydrogens is 483 g/mol. The highest BCUT2D eigenvalue weighted by molar-refractivity contribution is 14.0. The van der Waals surface area contributed by atoms with Crippen molar-refractivity contribution in [2.45, 2.75) is 26.9 Å². The minimum atomic E-state index is 0. The van der Waals surface area contributed by atoms with Gasteiger partial charge in [-0.05, 0) is 41.9 Å². The molecule has 0 atom stereocenters.